The number of methoxy groups -OCH3 is 1. The largest absolute Gasteiger partial charge is 0.389 e. The number of nitrogens with two attached hydrogens (primary N) is 1. The van der Waals surface area contributed by atoms with E-state index in [4.69, 9.17) is 22.7 Å². The van der Waals surface area contributed by atoms with E-state index >= 15 is 0 Å². The van der Waals surface area contributed by atoms with Crippen LogP contribution in [0.4, 0.5) is 5.69 Å². The van der Waals surface area contributed by atoms with E-state index in [2.05, 4.69) is 24.1 Å². The minimum atomic E-state index is 0.138. The first-order valence-corrected chi connectivity index (χ1v) is 6.34. The second-order valence-electron chi connectivity index (χ2n) is 5.05. The number of nitrogens with zero attached hydrogens (tertiary/aromatic N) is 1. The Morgan fingerprint density at radius 2 is 2.28 bits per heavy atom. The molecule has 0 radical (unpaired) electrons. The maximum Gasteiger partial charge on any atom is 0.106 e. The number of ether oxygens (including phenoxy) is 1. The molecule has 1 aromatic heterocycles. The topological polar surface area (TPSA) is 60.2 Å². The molecule has 0 aromatic carbocycles. The third-order valence-corrected chi connectivity index (χ3v) is 3.05. The molecule has 0 saturated carbocycles. The van der Waals surface area contributed by atoms with Gasteiger partial charge in [-0.25, -0.2) is 0 Å². The first-order chi connectivity index (χ1) is 8.46. The van der Waals surface area contributed by atoms with E-state index in [1.807, 2.05) is 6.07 Å². The van der Waals surface area contributed by atoms with Crippen molar-refractivity contribution in [2.75, 3.05) is 25.6 Å². The fourth-order valence-corrected chi connectivity index (χ4v) is 1.73. The summed E-state index contributed by atoms with van der Waals surface area (Å²) in [5, 5.41) is 3.36. The van der Waals surface area contributed by atoms with Crippen molar-refractivity contribution in [3.8, 4) is 0 Å². The lowest BCUT2D eigenvalue weighted by Crippen LogP contribution is -2.25. The lowest BCUT2D eigenvalue weighted by molar-refractivity contribution is 0.157. The van der Waals surface area contributed by atoms with Crippen LogP contribution in [0.5, 0.6) is 0 Å². The van der Waals surface area contributed by atoms with Crippen LogP contribution in [-0.4, -0.2) is 30.2 Å². The minimum Gasteiger partial charge on any atom is -0.389 e. The molecule has 0 spiro atoms. The van der Waals surface area contributed by atoms with Crippen molar-refractivity contribution in [1.82, 2.24) is 4.98 Å². The molecule has 1 rings (SSSR count). The molecule has 0 aliphatic rings. The molecule has 3 N–H and O–H groups in total. The summed E-state index contributed by atoms with van der Waals surface area (Å²) in [5.74, 6) is 0. The highest BCUT2D eigenvalue weighted by Gasteiger charge is 2.18. The highest BCUT2D eigenvalue weighted by molar-refractivity contribution is 7.80. The third kappa shape index (κ3) is 4.58. The smallest absolute Gasteiger partial charge is 0.106 e. The Kier molecular flexibility index (Phi) is 5.50. The highest BCUT2D eigenvalue weighted by atomic mass is 32.1. The zero-order valence-corrected chi connectivity index (χ0v) is 12.0. The van der Waals surface area contributed by atoms with Crippen LogP contribution >= 0.6 is 12.2 Å². The number of nitrogens with one attached hydrogen (secondary N) is 1. The van der Waals surface area contributed by atoms with Gasteiger partial charge in [-0.3, -0.25) is 4.98 Å². The summed E-state index contributed by atoms with van der Waals surface area (Å²) in [7, 11) is 1.72. The van der Waals surface area contributed by atoms with Crippen molar-refractivity contribution in [3.05, 3.63) is 24.0 Å². The van der Waals surface area contributed by atoms with E-state index in [0.29, 0.717) is 4.99 Å². The van der Waals surface area contributed by atoms with Gasteiger partial charge in [-0.2, -0.15) is 0 Å². The predicted octanol–water partition coefficient (Wildman–Crippen LogP) is 2.19. The number of hydrogen-bond acceptors (Lipinski definition) is 4. The van der Waals surface area contributed by atoms with Crippen molar-refractivity contribution in [1.29, 1.82) is 0 Å². The predicted molar refractivity (Wildman–Crippen MR) is 78.9 cm³/mol. The van der Waals surface area contributed by atoms with Gasteiger partial charge in [0.2, 0.25) is 0 Å². The first-order valence-electron chi connectivity index (χ1n) is 5.93. The van der Waals surface area contributed by atoms with Gasteiger partial charge in [0.15, 0.2) is 0 Å². The molecule has 0 unspecified atom stereocenters. The van der Waals surface area contributed by atoms with Gasteiger partial charge in [0, 0.05) is 32.0 Å². The Morgan fingerprint density at radius 1 is 1.56 bits per heavy atom. The number of rotatable bonds is 7. The normalized spacial score (nSPS) is 11.3. The standard InChI is InChI=1S/C13H21N3OS/c1-13(2,5-7-17-3)9-16-11-8-15-6-4-10(11)12(14)18/h4,6,8,16H,5,7,9H2,1-3H3,(H2,14,18). The van der Waals surface area contributed by atoms with E-state index < -0.39 is 0 Å². The van der Waals surface area contributed by atoms with Gasteiger partial charge in [0.25, 0.3) is 0 Å². The van der Waals surface area contributed by atoms with E-state index in [-0.39, 0.29) is 5.41 Å². The molecule has 0 aliphatic carbocycles. The van der Waals surface area contributed by atoms with E-state index in [1.54, 1.807) is 19.5 Å². The molecule has 1 aromatic rings. The Labute approximate surface area is 114 Å². The van der Waals surface area contributed by atoms with Crippen LogP contribution in [0, 0.1) is 5.41 Å². The first kappa shape index (κ1) is 14.9. The Bertz CT molecular complexity index is 407. The molecule has 5 heteroatoms. The average Bonchev–Trinajstić information content (AvgIpc) is 2.34. The highest BCUT2D eigenvalue weighted by Crippen LogP contribution is 2.22. The lowest BCUT2D eigenvalue weighted by Gasteiger charge is -2.25. The zero-order chi connectivity index (χ0) is 13.6. The second kappa shape index (κ2) is 6.66. The van der Waals surface area contributed by atoms with Crippen LogP contribution in [0.3, 0.4) is 0 Å². The number of aromatic nitrogens is 1. The van der Waals surface area contributed by atoms with Crippen molar-refractivity contribution in [3.63, 3.8) is 0 Å². The molecular weight excluding hydrogens is 246 g/mol. The molecule has 0 atom stereocenters. The summed E-state index contributed by atoms with van der Waals surface area (Å²) < 4.78 is 5.11. The fourth-order valence-electron chi connectivity index (χ4n) is 1.55. The summed E-state index contributed by atoms with van der Waals surface area (Å²) in [6.45, 7) is 5.95. The third-order valence-electron chi connectivity index (χ3n) is 2.83. The molecule has 0 saturated heterocycles. The quantitative estimate of drug-likeness (QED) is 0.742. The Hall–Kier alpha value is -1.20. The molecular formula is C13H21N3OS. The average molecular weight is 267 g/mol. The second-order valence-corrected chi connectivity index (χ2v) is 5.49. The molecule has 0 fully saturated rings. The Balaban J connectivity index is 2.65. The van der Waals surface area contributed by atoms with Crippen molar-refractivity contribution < 1.29 is 4.74 Å². The monoisotopic (exact) mass is 267 g/mol. The van der Waals surface area contributed by atoms with Gasteiger partial charge < -0.3 is 15.8 Å². The summed E-state index contributed by atoms with van der Waals surface area (Å²) in [4.78, 5) is 4.47. The van der Waals surface area contributed by atoms with Crippen LogP contribution in [0.1, 0.15) is 25.8 Å². The SMILES string of the molecule is COCCC(C)(C)CNc1cnccc1C(N)=S. The molecule has 1 heterocycles. The summed E-state index contributed by atoms with van der Waals surface area (Å²) in [6, 6.07) is 1.83. The summed E-state index contributed by atoms with van der Waals surface area (Å²) in [5.41, 5.74) is 7.54. The Morgan fingerprint density at radius 3 is 2.89 bits per heavy atom. The van der Waals surface area contributed by atoms with Gasteiger partial charge in [-0.15, -0.1) is 0 Å². The number of pyridine rings is 1. The zero-order valence-electron chi connectivity index (χ0n) is 11.2. The van der Waals surface area contributed by atoms with Crippen molar-refractivity contribution in [2.45, 2.75) is 20.3 Å². The lowest BCUT2D eigenvalue weighted by atomic mass is 9.89. The van der Waals surface area contributed by atoms with Gasteiger partial charge in [0.05, 0.1) is 11.9 Å². The molecule has 18 heavy (non-hydrogen) atoms. The maximum absolute atomic E-state index is 5.68. The van der Waals surface area contributed by atoms with Gasteiger partial charge in [-0.1, -0.05) is 26.1 Å². The van der Waals surface area contributed by atoms with Gasteiger partial charge in [-0.05, 0) is 17.9 Å². The van der Waals surface area contributed by atoms with E-state index in [0.717, 1.165) is 30.8 Å². The van der Waals surface area contributed by atoms with E-state index in [9.17, 15) is 0 Å². The molecule has 0 amide bonds. The van der Waals surface area contributed by atoms with Crippen molar-refractivity contribution >= 4 is 22.9 Å². The molecule has 100 valence electrons. The number of anilines is 1. The van der Waals surface area contributed by atoms with Crippen LogP contribution in [0.15, 0.2) is 18.5 Å². The van der Waals surface area contributed by atoms with Crippen LogP contribution in [-0.2, 0) is 4.74 Å². The summed E-state index contributed by atoms with van der Waals surface area (Å²) >= 11 is 5.02. The fraction of sp³-hybridized carbons (Fsp3) is 0.538. The van der Waals surface area contributed by atoms with Gasteiger partial charge in [0.1, 0.15) is 4.99 Å². The molecule has 0 bridgehead atoms. The number of thiocarbonyl (C=S) groups is 1. The maximum atomic E-state index is 5.68. The van der Waals surface area contributed by atoms with Gasteiger partial charge >= 0.3 is 0 Å². The number of hydrogen-bond donors (Lipinski definition) is 2. The van der Waals surface area contributed by atoms with E-state index in [1.165, 1.54) is 0 Å². The van der Waals surface area contributed by atoms with Crippen LogP contribution in [0.2, 0.25) is 0 Å². The van der Waals surface area contributed by atoms with Crippen LogP contribution < -0.4 is 11.1 Å². The minimum absolute atomic E-state index is 0.138. The summed E-state index contributed by atoms with van der Waals surface area (Å²) in [6.07, 6.45) is 4.43. The molecule has 0 aliphatic heterocycles. The molecule has 4 nitrogen and oxygen atoms in total. The van der Waals surface area contributed by atoms with Crippen LogP contribution in [0.25, 0.3) is 0 Å². The van der Waals surface area contributed by atoms with Crippen molar-refractivity contribution in [2.24, 2.45) is 11.1 Å².